The summed E-state index contributed by atoms with van der Waals surface area (Å²) in [5, 5.41) is 11.8. The monoisotopic (exact) mass is 256 g/mol. The highest BCUT2D eigenvalue weighted by Crippen LogP contribution is 2.18. The fraction of sp³-hybridized carbons (Fsp3) is 0.833. The maximum atomic E-state index is 12.1. The Bertz CT molecular complexity index is 334. The van der Waals surface area contributed by atoms with E-state index in [1.54, 1.807) is 4.90 Å². The first-order chi connectivity index (χ1) is 8.59. The smallest absolute Gasteiger partial charge is 0.317 e. The van der Waals surface area contributed by atoms with Gasteiger partial charge in [-0.2, -0.15) is 0 Å². The lowest BCUT2D eigenvalue weighted by Crippen LogP contribution is -2.52. The van der Waals surface area contributed by atoms with Crippen LogP contribution in [0.5, 0.6) is 0 Å². The number of rotatable bonds is 2. The molecule has 3 atom stereocenters. The molecule has 18 heavy (non-hydrogen) atoms. The van der Waals surface area contributed by atoms with Crippen molar-refractivity contribution in [2.45, 2.75) is 38.3 Å². The second-order valence-electron chi connectivity index (χ2n) is 5.08. The normalized spacial score (nSPS) is 32.3. The quantitative estimate of drug-likeness (QED) is 0.761. The Morgan fingerprint density at radius 3 is 2.78 bits per heavy atom. The van der Waals surface area contributed by atoms with Gasteiger partial charge in [0.1, 0.15) is 5.92 Å². The second kappa shape index (κ2) is 5.56. The Balaban J connectivity index is 1.92. The summed E-state index contributed by atoms with van der Waals surface area (Å²) < 4.78 is 5.13. The number of likely N-dealkylation sites (tertiary alicyclic amines) is 1. The van der Waals surface area contributed by atoms with Crippen LogP contribution < -0.4 is 5.32 Å². The van der Waals surface area contributed by atoms with Gasteiger partial charge in [0.25, 0.3) is 0 Å². The van der Waals surface area contributed by atoms with Gasteiger partial charge >= 0.3 is 12.0 Å². The average molecular weight is 256 g/mol. The van der Waals surface area contributed by atoms with E-state index in [2.05, 4.69) is 5.32 Å². The van der Waals surface area contributed by atoms with Crippen molar-refractivity contribution < 1.29 is 19.4 Å². The average Bonchev–Trinajstić information content (AvgIpc) is 2.77. The van der Waals surface area contributed by atoms with Crippen LogP contribution in [0.25, 0.3) is 0 Å². The van der Waals surface area contributed by atoms with Gasteiger partial charge in [0, 0.05) is 12.6 Å². The lowest BCUT2D eigenvalue weighted by Gasteiger charge is -2.34. The van der Waals surface area contributed by atoms with Crippen LogP contribution in [0.4, 0.5) is 4.79 Å². The number of hydrogen-bond donors (Lipinski definition) is 2. The minimum Gasteiger partial charge on any atom is -0.481 e. The fourth-order valence-corrected chi connectivity index (χ4v) is 2.58. The molecule has 2 fully saturated rings. The highest BCUT2D eigenvalue weighted by Gasteiger charge is 2.36. The molecule has 6 heteroatoms. The largest absolute Gasteiger partial charge is 0.481 e. The van der Waals surface area contributed by atoms with Gasteiger partial charge in [0.05, 0.1) is 19.3 Å². The van der Waals surface area contributed by atoms with E-state index in [4.69, 9.17) is 9.84 Å². The molecule has 102 valence electrons. The summed E-state index contributed by atoms with van der Waals surface area (Å²) in [4.78, 5) is 24.9. The number of hydrogen-bond acceptors (Lipinski definition) is 3. The van der Waals surface area contributed by atoms with E-state index in [0.717, 1.165) is 25.8 Å². The Labute approximate surface area is 106 Å². The van der Waals surface area contributed by atoms with Gasteiger partial charge in [0.15, 0.2) is 0 Å². The van der Waals surface area contributed by atoms with Gasteiger partial charge in [-0.05, 0) is 26.2 Å². The number of aliphatic carboxylic acids is 1. The Morgan fingerprint density at radius 2 is 2.11 bits per heavy atom. The molecule has 2 heterocycles. The molecule has 0 aliphatic carbocycles. The summed E-state index contributed by atoms with van der Waals surface area (Å²) in [6.45, 7) is 3.23. The molecule has 2 amide bonds. The molecule has 2 rings (SSSR count). The van der Waals surface area contributed by atoms with E-state index in [1.165, 1.54) is 0 Å². The number of ether oxygens (including phenoxy) is 1. The van der Waals surface area contributed by atoms with Crippen LogP contribution in [0.2, 0.25) is 0 Å². The third kappa shape index (κ3) is 2.75. The van der Waals surface area contributed by atoms with Crippen LogP contribution in [-0.4, -0.2) is 53.8 Å². The molecule has 3 unspecified atom stereocenters. The Hall–Kier alpha value is -1.30. The number of piperidine rings is 1. The lowest BCUT2D eigenvalue weighted by atomic mass is 10.0. The Kier molecular flexibility index (Phi) is 4.06. The summed E-state index contributed by atoms with van der Waals surface area (Å²) >= 11 is 0. The van der Waals surface area contributed by atoms with Crippen LogP contribution in [0, 0.1) is 5.92 Å². The minimum absolute atomic E-state index is 0.163. The van der Waals surface area contributed by atoms with Crippen molar-refractivity contribution in [2.24, 2.45) is 5.92 Å². The number of urea groups is 1. The molecular weight excluding hydrogens is 236 g/mol. The number of carboxylic acid groups (broad SMARTS) is 1. The molecule has 2 aliphatic rings. The first-order valence-corrected chi connectivity index (χ1v) is 6.47. The third-order valence-electron chi connectivity index (χ3n) is 3.77. The summed E-state index contributed by atoms with van der Waals surface area (Å²) in [7, 11) is 0. The van der Waals surface area contributed by atoms with Crippen molar-refractivity contribution in [1.82, 2.24) is 10.2 Å². The lowest BCUT2D eigenvalue weighted by molar-refractivity contribution is -0.142. The second-order valence-corrected chi connectivity index (χ2v) is 5.08. The third-order valence-corrected chi connectivity index (χ3v) is 3.77. The number of carbonyl (C=O) groups is 2. The number of amides is 2. The first kappa shape index (κ1) is 13.1. The Morgan fingerprint density at radius 1 is 1.33 bits per heavy atom. The molecule has 0 aromatic rings. The van der Waals surface area contributed by atoms with E-state index in [9.17, 15) is 9.59 Å². The van der Waals surface area contributed by atoms with E-state index in [0.29, 0.717) is 0 Å². The maximum absolute atomic E-state index is 12.1. The molecule has 2 aliphatic heterocycles. The number of carboxylic acids is 1. The summed E-state index contributed by atoms with van der Waals surface area (Å²) in [5.74, 6) is -1.54. The molecule has 2 saturated heterocycles. The summed E-state index contributed by atoms with van der Waals surface area (Å²) in [6.07, 6.45) is 3.17. The first-order valence-electron chi connectivity index (χ1n) is 6.47. The van der Waals surface area contributed by atoms with Crippen molar-refractivity contribution in [1.29, 1.82) is 0 Å². The fourth-order valence-electron chi connectivity index (χ4n) is 2.58. The van der Waals surface area contributed by atoms with Crippen molar-refractivity contribution in [2.75, 3.05) is 19.8 Å². The SMILES string of the molecule is CC1CCCCN1C(=O)NC1COCC1C(=O)O. The van der Waals surface area contributed by atoms with E-state index in [-0.39, 0.29) is 25.3 Å². The van der Waals surface area contributed by atoms with Crippen molar-refractivity contribution in [3.63, 3.8) is 0 Å². The molecule has 0 spiro atoms. The van der Waals surface area contributed by atoms with Crippen molar-refractivity contribution in [3.05, 3.63) is 0 Å². The van der Waals surface area contributed by atoms with Crippen LogP contribution in [0.1, 0.15) is 26.2 Å². The highest BCUT2D eigenvalue weighted by atomic mass is 16.5. The van der Waals surface area contributed by atoms with Crippen molar-refractivity contribution in [3.8, 4) is 0 Å². The van der Waals surface area contributed by atoms with E-state index >= 15 is 0 Å². The highest BCUT2D eigenvalue weighted by molar-refractivity contribution is 5.77. The molecular formula is C12H20N2O4. The molecule has 0 bridgehead atoms. The van der Waals surface area contributed by atoms with Crippen LogP contribution in [-0.2, 0) is 9.53 Å². The molecule has 6 nitrogen and oxygen atoms in total. The van der Waals surface area contributed by atoms with Crippen LogP contribution in [0.15, 0.2) is 0 Å². The van der Waals surface area contributed by atoms with E-state index in [1.807, 2.05) is 6.92 Å². The van der Waals surface area contributed by atoms with Gasteiger partial charge in [-0.25, -0.2) is 4.79 Å². The minimum atomic E-state index is -0.913. The zero-order valence-corrected chi connectivity index (χ0v) is 10.6. The van der Waals surface area contributed by atoms with E-state index < -0.39 is 17.9 Å². The van der Waals surface area contributed by atoms with Gasteiger partial charge < -0.3 is 20.1 Å². The molecule has 0 radical (unpaired) electrons. The summed E-state index contributed by atoms with van der Waals surface area (Å²) in [5.41, 5.74) is 0. The molecule has 0 aromatic carbocycles. The topological polar surface area (TPSA) is 78.9 Å². The molecule has 0 aromatic heterocycles. The van der Waals surface area contributed by atoms with Gasteiger partial charge in [-0.15, -0.1) is 0 Å². The van der Waals surface area contributed by atoms with Gasteiger partial charge in [0.2, 0.25) is 0 Å². The predicted octanol–water partition coefficient (Wildman–Crippen LogP) is 0.670. The summed E-state index contributed by atoms with van der Waals surface area (Å²) in [6, 6.07) is -0.350. The maximum Gasteiger partial charge on any atom is 0.317 e. The predicted molar refractivity (Wildman–Crippen MR) is 64.3 cm³/mol. The van der Waals surface area contributed by atoms with Crippen LogP contribution >= 0.6 is 0 Å². The van der Waals surface area contributed by atoms with Gasteiger partial charge in [-0.3, -0.25) is 4.79 Å². The number of nitrogens with zero attached hydrogens (tertiary/aromatic N) is 1. The zero-order valence-electron chi connectivity index (χ0n) is 10.6. The number of carbonyl (C=O) groups excluding carboxylic acids is 1. The van der Waals surface area contributed by atoms with Crippen molar-refractivity contribution >= 4 is 12.0 Å². The van der Waals surface area contributed by atoms with Gasteiger partial charge in [-0.1, -0.05) is 0 Å². The zero-order chi connectivity index (χ0) is 13.1. The molecule has 0 saturated carbocycles. The molecule has 2 N–H and O–H groups in total. The van der Waals surface area contributed by atoms with Crippen LogP contribution in [0.3, 0.4) is 0 Å². The number of nitrogens with one attached hydrogen (secondary N) is 1. The standard InChI is InChI=1S/C12H20N2O4/c1-8-4-2-3-5-14(8)12(17)13-10-7-18-6-9(10)11(15)16/h8-10H,2-7H2,1H3,(H,13,17)(H,15,16).